The molecule has 0 radical (unpaired) electrons. The molecule has 5 heteroatoms. The molecule has 2 rings (SSSR count). The monoisotopic (exact) mass is 291 g/mol. The molecular weight excluding hydrogens is 270 g/mol. The summed E-state index contributed by atoms with van der Waals surface area (Å²) in [5, 5.41) is 18.7. The molecule has 1 fully saturated rings. The van der Waals surface area contributed by atoms with E-state index >= 15 is 0 Å². The van der Waals surface area contributed by atoms with Crippen LogP contribution in [0.15, 0.2) is 24.3 Å². The Bertz CT molecular complexity index is 519. The molecule has 0 aromatic heterocycles. The highest BCUT2D eigenvalue weighted by molar-refractivity contribution is 5.91. The van der Waals surface area contributed by atoms with Gasteiger partial charge in [0, 0.05) is 13.1 Å². The maximum Gasteiger partial charge on any atom is 0.335 e. The van der Waals surface area contributed by atoms with Gasteiger partial charge in [0.1, 0.15) is 0 Å². The van der Waals surface area contributed by atoms with E-state index in [2.05, 4.69) is 0 Å². The lowest BCUT2D eigenvalue weighted by Gasteiger charge is -2.33. The number of rotatable bonds is 4. The number of carbonyl (C=O) groups is 2. The Labute approximate surface area is 124 Å². The third kappa shape index (κ3) is 3.82. The van der Waals surface area contributed by atoms with Gasteiger partial charge in [0.25, 0.3) is 0 Å². The molecule has 5 nitrogen and oxygen atoms in total. The summed E-state index contributed by atoms with van der Waals surface area (Å²) in [5.41, 5.74) is 0.734. The number of aliphatic hydroxyl groups excluding tert-OH is 1. The summed E-state index contributed by atoms with van der Waals surface area (Å²) in [6, 6.07) is 6.61. The van der Waals surface area contributed by atoms with Crippen molar-refractivity contribution in [2.24, 2.45) is 5.92 Å². The minimum absolute atomic E-state index is 0.0484. The quantitative estimate of drug-likeness (QED) is 0.882. The lowest BCUT2D eigenvalue weighted by molar-refractivity contribution is -0.132. The predicted octanol–water partition coefficient (Wildman–Crippen LogP) is 1.55. The lowest BCUT2D eigenvalue weighted by atomic mass is 9.92. The topological polar surface area (TPSA) is 77.8 Å². The van der Waals surface area contributed by atoms with Crippen LogP contribution in [-0.4, -0.2) is 46.2 Å². The third-order valence-electron chi connectivity index (χ3n) is 4.16. The van der Waals surface area contributed by atoms with Crippen LogP contribution in [0.2, 0.25) is 0 Å². The van der Waals surface area contributed by atoms with Gasteiger partial charge in [-0.25, -0.2) is 4.79 Å². The van der Waals surface area contributed by atoms with E-state index in [0.717, 1.165) is 12.8 Å². The first-order valence-electron chi connectivity index (χ1n) is 7.26. The summed E-state index contributed by atoms with van der Waals surface area (Å²) in [5.74, 6) is -0.806. The summed E-state index contributed by atoms with van der Waals surface area (Å²) in [7, 11) is 0. The average Bonchev–Trinajstić information content (AvgIpc) is 2.47. The van der Waals surface area contributed by atoms with Gasteiger partial charge in [0.2, 0.25) is 5.91 Å². The van der Waals surface area contributed by atoms with Crippen LogP contribution >= 0.6 is 0 Å². The summed E-state index contributed by atoms with van der Waals surface area (Å²) in [6.07, 6.45) is 1.37. The average molecular weight is 291 g/mol. The van der Waals surface area contributed by atoms with Gasteiger partial charge in [-0.05, 0) is 37.3 Å². The fourth-order valence-electron chi connectivity index (χ4n) is 2.79. The number of hydrogen-bond donors (Lipinski definition) is 2. The molecule has 114 valence electrons. The van der Waals surface area contributed by atoms with E-state index < -0.39 is 5.97 Å². The highest BCUT2D eigenvalue weighted by atomic mass is 16.4. The molecule has 0 spiro atoms. The second-order valence-electron chi connectivity index (χ2n) is 5.60. The predicted molar refractivity (Wildman–Crippen MR) is 78.1 cm³/mol. The molecule has 1 atom stereocenters. The molecule has 21 heavy (non-hydrogen) atoms. The van der Waals surface area contributed by atoms with E-state index in [9.17, 15) is 14.7 Å². The first-order valence-corrected chi connectivity index (χ1v) is 7.26. The Morgan fingerprint density at radius 1 is 1.29 bits per heavy atom. The number of benzene rings is 1. The number of aromatic carboxylic acids is 1. The van der Waals surface area contributed by atoms with Crippen molar-refractivity contribution in [3.05, 3.63) is 35.4 Å². The molecule has 2 N–H and O–H groups in total. The Kier molecular flexibility index (Phi) is 4.96. The van der Waals surface area contributed by atoms with Crippen LogP contribution in [0.1, 0.15) is 35.7 Å². The molecule has 1 aromatic rings. The first kappa shape index (κ1) is 15.5. The highest BCUT2D eigenvalue weighted by Gasteiger charge is 2.26. The van der Waals surface area contributed by atoms with Gasteiger partial charge in [-0.2, -0.15) is 0 Å². The first-order chi connectivity index (χ1) is 9.99. The summed E-state index contributed by atoms with van der Waals surface area (Å²) in [6.45, 7) is 3.04. The van der Waals surface area contributed by atoms with Gasteiger partial charge < -0.3 is 15.1 Å². The van der Waals surface area contributed by atoms with E-state index in [1.807, 2.05) is 0 Å². The van der Waals surface area contributed by atoms with Crippen LogP contribution in [-0.2, 0) is 11.2 Å². The number of likely N-dealkylation sites (tertiary alicyclic amines) is 1. The molecular formula is C16H21NO4. The van der Waals surface area contributed by atoms with Crippen molar-refractivity contribution in [1.29, 1.82) is 0 Å². The Hall–Kier alpha value is -1.88. The molecule has 1 amide bonds. The molecule has 1 heterocycles. The fourth-order valence-corrected chi connectivity index (χ4v) is 2.79. The minimum Gasteiger partial charge on any atom is -0.478 e. The largest absolute Gasteiger partial charge is 0.478 e. The number of amides is 1. The van der Waals surface area contributed by atoms with Crippen molar-refractivity contribution >= 4 is 11.9 Å². The maximum absolute atomic E-state index is 12.3. The molecule has 1 unspecified atom stereocenters. The third-order valence-corrected chi connectivity index (χ3v) is 4.16. The minimum atomic E-state index is -1.01. The van der Waals surface area contributed by atoms with Crippen LogP contribution in [0.3, 0.4) is 0 Å². The van der Waals surface area contributed by atoms with E-state index in [4.69, 9.17) is 5.11 Å². The zero-order chi connectivity index (χ0) is 15.4. The van der Waals surface area contributed by atoms with Gasteiger partial charge in [0.15, 0.2) is 0 Å². The summed E-state index contributed by atoms with van der Waals surface area (Å²) >= 11 is 0. The van der Waals surface area contributed by atoms with Crippen molar-refractivity contribution in [2.45, 2.75) is 32.3 Å². The number of hydrogen-bond acceptors (Lipinski definition) is 3. The van der Waals surface area contributed by atoms with Crippen molar-refractivity contribution in [2.75, 3.05) is 13.1 Å². The van der Waals surface area contributed by atoms with Crippen molar-refractivity contribution in [3.63, 3.8) is 0 Å². The van der Waals surface area contributed by atoms with Crippen molar-refractivity contribution in [3.8, 4) is 0 Å². The fraction of sp³-hybridized carbons (Fsp3) is 0.500. The Morgan fingerprint density at radius 3 is 2.48 bits per heavy atom. The smallest absolute Gasteiger partial charge is 0.335 e. The van der Waals surface area contributed by atoms with Gasteiger partial charge in [-0.3, -0.25) is 4.79 Å². The van der Waals surface area contributed by atoms with Crippen LogP contribution in [0.5, 0.6) is 0 Å². The SMILES string of the molecule is CC(O)C1CCN(C(=O)Cc2ccccc2C(=O)O)CC1. The molecule has 0 saturated carbocycles. The van der Waals surface area contributed by atoms with E-state index in [-0.39, 0.29) is 29.9 Å². The molecule has 0 aliphatic carbocycles. The molecule has 1 aliphatic heterocycles. The van der Waals surface area contributed by atoms with Crippen molar-refractivity contribution in [1.82, 2.24) is 4.90 Å². The van der Waals surface area contributed by atoms with Gasteiger partial charge in [-0.15, -0.1) is 0 Å². The van der Waals surface area contributed by atoms with Gasteiger partial charge in [0.05, 0.1) is 18.1 Å². The van der Waals surface area contributed by atoms with Crippen LogP contribution in [0.25, 0.3) is 0 Å². The second-order valence-corrected chi connectivity index (χ2v) is 5.60. The Morgan fingerprint density at radius 2 is 1.90 bits per heavy atom. The van der Waals surface area contributed by atoms with Gasteiger partial charge >= 0.3 is 5.97 Å². The van der Waals surface area contributed by atoms with Crippen LogP contribution < -0.4 is 0 Å². The van der Waals surface area contributed by atoms with Gasteiger partial charge in [-0.1, -0.05) is 18.2 Å². The lowest BCUT2D eigenvalue weighted by Crippen LogP contribution is -2.41. The standard InChI is InChI=1S/C16H21NO4/c1-11(18)12-6-8-17(9-7-12)15(19)10-13-4-2-3-5-14(13)16(20)21/h2-5,11-12,18H,6-10H2,1H3,(H,20,21). The molecule has 1 aliphatic rings. The van der Waals surface area contributed by atoms with Crippen LogP contribution in [0.4, 0.5) is 0 Å². The van der Waals surface area contributed by atoms with Crippen molar-refractivity contribution < 1.29 is 19.8 Å². The number of carbonyl (C=O) groups excluding carboxylic acids is 1. The zero-order valence-electron chi connectivity index (χ0n) is 12.2. The summed E-state index contributed by atoms with van der Waals surface area (Å²) < 4.78 is 0. The van der Waals surface area contributed by atoms with Crippen LogP contribution in [0, 0.1) is 5.92 Å². The number of carboxylic acid groups (broad SMARTS) is 1. The van der Waals surface area contributed by atoms with E-state index in [0.29, 0.717) is 18.7 Å². The molecule has 0 bridgehead atoms. The maximum atomic E-state index is 12.3. The molecule has 1 aromatic carbocycles. The number of piperidine rings is 1. The zero-order valence-corrected chi connectivity index (χ0v) is 12.2. The highest BCUT2D eigenvalue weighted by Crippen LogP contribution is 2.21. The summed E-state index contributed by atoms with van der Waals surface area (Å²) in [4.78, 5) is 25.2. The Balaban J connectivity index is 1.98. The number of carboxylic acids is 1. The van der Waals surface area contributed by atoms with E-state index in [1.54, 1.807) is 30.0 Å². The normalized spacial score (nSPS) is 17.5. The molecule has 1 saturated heterocycles. The van der Waals surface area contributed by atoms with E-state index in [1.165, 1.54) is 6.07 Å². The number of nitrogens with zero attached hydrogens (tertiary/aromatic N) is 1. The second kappa shape index (κ2) is 6.72. The number of aliphatic hydroxyl groups is 1.